The molecule has 0 unspecified atom stereocenters. The van der Waals surface area contributed by atoms with Crippen molar-refractivity contribution in [3.05, 3.63) is 24.3 Å². The van der Waals surface area contributed by atoms with E-state index in [1.807, 2.05) is 26.8 Å². The minimum absolute atomic E-state index is 0.0672. The molecule has 7 heteroatoms. The molecule has 0 bridgehead atoms. The zero-order chi connectivity index (χ0) is 18.4. The van der Waals surface area contributed by atoms with E-state index in [-0.39, 0.29) is 23.9 Å². The van der Waals surface area contributed by atoms with E-state index in [1.165, 1.54) is 0 Å². The topological polar surface area (TPSA) is 88.5 Å². The van der Waals surface area contributed by atoms with E-state index in [9.17, 15) is 9.59 Å². The molecule has 25 heavy (non-hydrogen) atoms. The van der Waals surface area contributed by atoms with Gasteiger partial charge in [-0.1, -0.05) is 26.8 Å². The van der Waals surface area contributed by atoms with Crippen LogP contribution in [-0.4, -0.2) is 43.1 Å². The van der Waals surface area contributed by atoms with E-state index >= 15 is 0 Å². The van der Waals surface area contributed by atoms with Crippen molar-refractivity contribution in [1.29, 1.82) is 5.26 Å². The quantitative estimate of drug-likeness (QED) is 0.861. The number of nitrogens with one attached hydrogen (secondary N) is 2. The Balaban J connectivity index is 2.09. The minimum atomic E-state index is -0.242. The number of anilines is 2. The van der Waals surface area contributed by atoms with Crippen molar-refractivity contribution in [3.63, 3.8) is 0 Å². The van der Waals surface area contributed by atoms with Crippen molar-refractivity contribution < 1.29 is 9.59 Å². The van der Waals surface area contributed by atoms with Gasteiger partial charge in [0.1, 0.15) is 0 Å². The van der Waals surface area contributed by atoms with Gasteiger partial charge in [-0.3, -0.25) is 4.90 Å². The lowest BCUT2D eigenvalue weighted by molar-refractivity contribution is 0.187. The number of carbonyl (C=O) groups is 2. The Labute approximate surface area is 148 Å². The van der Waals surface area contributed by atoms with E-state index in [2.05, 4.69) is 16.7 Å². The average Bonchev–Trinajstić information content (AvgIpc) is 2.96. The molecule has 0 aromatic heterocycles. The van der Waals surface area contributed by atoms with Crippen LogP contribution < -0.4 is 15.5 Å². The second kappa shape index (κ2) is 7.88. The normalized spacial score (nSPS) is 14.0. The lowest BCUT2D eigenvalue weighted by Crippen LogP contribution is -2.41. The summed E-state index contributed by atoms with van der Waals surface area (Å²) in [4.78, 5) is 27.7. The van der Waals surface area contributed by atoms with Gasteiger partial charge < -0.3 is 15.5 Å². The van der Waals surface area contributed by atoms with Crippen LogP contribution in [-0.2, 0) is 0 Å². The Hall–Kier alpha value is -2.75. The summed E-state index contributed by atoms with van der Waals surface area (Å²) in [5.41, 5.74) is 1.30. The van der Waals surface area contributed by atoms with Crippen molar-refractivity contribution >= 4 is 23.4 Å². The predicted molar refractivity (Wildman–Crippen MR) is 97.5 cm³/mol. The van der Waals surface area contributed by atoms with Gasteiger partial charge >= 0.3 is 12.1 Å². The molecule has 0 spiro atoms. The van der Waals surface area contributed by atoms with Gasteiger partial charge in [0.2, 0.25) is 0 Å². The minimum Gasteiger partial charge on any atom is -0.336 e. The predicted octanol–water partition coefficient (Wildman–Crippen LogP) is 3.01. The fourth-order valence-corrected chi connectivity index (χ4v) is 2.68. The summed E-state index contributed by atoms with van der Waals surface area (Å²) in [6, 6.07) is 8.91. The van der Waals surface area contributed by atoms with Gasteiger partial charge in [0.25, 0.3) is 0 Å². The first-order valence-electron chi connectivity index (χ1n) is 8.38. The SMILES string of the molecule is CC(C)(C)CN(CCC#N)C(=O)Nc1cccc(N2CCNC2=O)c1. The van der Waals surface area contributed by atoms with Crippen LogP contribution in [0.2, 0.25) is 0 Å². The number of rotatable bonds is 5. The van der Waals surface area contributed by atoms with Crippen molar-refractivity contribution in [2.45, 2.75) is 27.2 Å². The highest BCUT2D eigenvalue weighted by Gasteiger charge is 2.23. The fourth-order valence-electron chi connectivity index (χ4n) is 2.68. The largest absolute Gasteiger partial charge is 0.336 e. The molecular formula is C18H25N5O2. The van der Waals surface area contributed by atoms with Gasteiger partial charge in [0.05, 0.1) is 12.5 Å². The molecule has 2 N–H and O–H groups in total. The van der Waals surface area contributed by atoms with E-state index in [0.29, 0.717) is 31.9 Å². The molecule has 1 aliphatic rings. The molecule has 4 amide bonds. The average molecular weight is 343 g/mol. The van der Waals surface area contributed by atoms with Gasteiger partial charge in [-0.2, -0.15) is 5.26 Å². The van der Waals surface area contributed by atoms with Crippen LogP contribution in [0.1, 0.15) is 27.2 Å². The summed E-state index contributed by atoms with van der Waals surface area (Å²) < 4.78 is 0. The smallest absolute Gasteiger partial charge is 0.321 e. The Kier molecular flexibility index (Phi) is 5.86. The zero-order valence-corrected chi connectivity index (χ0v) is 15.0. The first-order chi connectivity index (χ1) is 11.8. The molecule has 7 nitrogen and oxygen atoms in total. The van der Waals surface area contributed by atoms with Crippen LogP contribution in [0.15, 0.2) is 24.3 Å². The van der Waals surface area contributed by atoms with Gasteiger partial charge in [-0.15, -0.1) is 0 Å². The van der Waals surface area contributed by atoms with Crippen molar-refractivity contribution in [1.82, 2.24) is 10.2 Å². The summed E-state index contributed by atoms with van der Waals surface area (Å²) in [5, 5.41) is 14.4. The molecule has 134 valence electrons. The number of urea groups is 2. The number of hydrogen-bond donors (Lipinski definition) is 2. The molecule has 1 aromatic rings. The van der Waals surface area contributed by atoms with Gasteiger partial charge in [0, 0.05) is 37.6 Å². The standard InChI is InChI=1S/C18H25N5O2/c1-18(2,3)13-22(10-5-8-19)17(25)21-14-6-4-7-15(12-14)23-11-9-20-16(23)24/h4,6-7,12H,5,9-11,13H2,1-3H3,(H,20,24)(H,21,25). The molecule has 0 atom stereocenters. The van der Waals surface area contributed by atoms with Crippen molar-refractivity contribution in [2.75, 3.05) is 36.4 Å². The fraction of sp³-hybridized carbons (Fsp3) is 0.500. The lowest BCUT2D eigenvalue weighted by Gasteiger charge is -2.29. The first-order valence-corrected chi connectivity index (χ1v) is 8.38. The molecular weight excluding hydrogens is 318 g/mol. The summed E-state index contributed by atoms with van der Waals surface area (Å²) in [6.45, 7) is 8.30. The number of hydrogen-bond acceptors (Lipinski definition) is 3. The molecule has 1 aromatic carbocycles. The van der Waals surface area contributed by atoms with E-state index < -0.39 is 0 Å². The van der Waals surface area contributed by atoms with Crippen LogP contribution in [0.25, 0.3) is 0 Å². The number of nitriles is 1. The Bertz CT molecular complexity index is 675. The van der Waals surface area contributed by atoms with Crippen LogP contribution in [0.4, 0.5) is 21.0 Å². The van der Waals surface area contributed by atoms with Gasteiger partial charge in [0.15, 0.2) is 0 Å². The van der Waals surface area contributed by atoms with Crippen LogP contribution in [0, 0.1) is 16.7 Å². The molecule has 1 saturated heterocycles. The number of benzene rings is 1. The third kappa shape index (κ3) is 5.38. The second-order valence-electron chi connectivity index (χ2n) is 7.25. The molecule has 2 rings (SSSR count). The highest BCUT2D eigenvalue weighted by Crippen LogP contribution is 2.22. The van der Waals surface area contributed by atoms with Crippen molar-refractivity contribution in [3.8, 4) is 6.07 Å². The summed E-state index contributed by atoms with van der Waals surface area (Å²) >= 11 is 0. The van der Waals surface area contributed by atoms with Crippen LogP contribution in [0.3, 0.4) is 0 Å². The molecule has 0 radical (unpaired) electrons. The summed E-state index contributed by atoms with van der Waals surface area (Å²) in [5.74, 6) is 0. The maximum atomic E-state index is 12.6. The maximum Gasteiger partial charge on any atom is 0.321 e. The number of carbonyl (C=O) groups excluding carboxylic acids is 2. The summed E-state index contributed by atoms with van der Waals surface area (Å²) in [7, 11) is 0. The molecule has 1 heterocycles. The van der Waals surface area contributed by atoms with E-state index in [4.69, 9.17) is 5.26 Å². The van der Waals surface area contributed by atoms with E-state index in [1.54, 1.807) is 28.0 Å². The molecule has 1 aliphatic heterocycles. The Morgan fingerprint density at radius 1 is 1.44 bits per heavy atom. The number of nitrogens with zero attached hydrogens (tertiary/aromatic N) is 3. The van der Waals surface area contributed by atoms with Crippen LogP contribution in [0.5, 0.6) is 0 Å². The third-order valence-corrected chi connectivity index (χ3v) is 3.71. The van der Waals surface area contributed by atoms with Gasteiger partial charge in [-0.25, -0.2) is 9.59 Å². The van der Waals surface area contributed by atoms with E-state index in [0.717, 1.165) is 5.69 Å². The monoisotopic (exact) mass is 343 g/mol. The molecule has 0 aliphatic carbocycles. The first kappa shape index (κ1) is 18.6. The third-order valence-electron chi connectivity index (χ3n) is 3.71. The maximum absolute atomic E-state index is 12.6. The Morgan fingerprint density at radius 3 is 2.80 bits per heavy atom. The molecule has 1 fully saturated rings. The Morgan fingerprint density at radius 2 is 2.20 bits per heavy atom. The highest BCUT2D eigenvalue weighted by molar-refractivity contribution is 5.95. The molecule has 0 saturated carbocycles. The van der Waals surface area contributed by atoms with Gasteiger partial charge in [-0.05, 0) is 23.6 Å². The second-order valence-corrected chi connectivity index (χ2v) is 7.25. The zero-order valence-electron chi connectivity index (χ0n) is 15.0. The highest BCUT2D eigenvalue weighted by atomic mass is 16.2. The van der Waals surface area contributed by atoms with Crippen molar-refractivity contribution in [2.24, 2.45) is 5.41 Å². The lowest BCUT2D eigenvalue weighted by atomic mass is 9.96. The van der Waals surface area contributed by atoms with Crippen LogP contribution >= 0.6 is 0 Å². The number of amides is 4. The summed E-state index contributed by atoms with van der Waals surface area (Å²) in [6.07, 6.45) is 0.289.